The maximum absolute atomic E-state index is 5.93. The Morgan fingerprint density at radius 2 is 2.17 bits per heavy atom. The van der Waals surface area contributed by atoms with Gasteiger partial charge in [0.15, 0.2) is 0 Å². The van der Waals surface area contributed by atoms with E-state index >= 15 is 0 Å². The second-order valence-electron chi connectivity index (χ2n) is 6.68. The zero-order valence-electron chi connectivity index (χ0n) is 14.0. The Balaban J connectivity index is 1.61. The Labute approximate surface area is 137 Å². The lowest BCUT2D eigenvalue weighted by atomic mass is 9.83. The number of para-hydroxylation sites is 1. The van der Waals surface area contributed by atoms with E-state index in [0.717, 1.165) is 37.1 Å². The highest BCUT2D eigenvalue weighted by Gasteiger charge is 2.31. The van der Waals surface area contributed by atoms with Crippen molar-refractivity contribution in [2.24, 2.45) is 5.41 Å². The summed E-state index contributed by atoms with van der Waals surface area (Å²) in [6.45, 7) is 6.88. The number of nitrogens with zero attached hydrogens (tertiary/aromatic N) is 3. The molecular weight excluding hydrogens is 290 g/mol. The molecule has 3 rings (SSSR count). The number of likely N-dealkylation sites (tertiary alicyclic amines) is 1. The average Bonchev–Trinajstić information content (AvgIpc) is 2.58. The van der Waals surface area contributed by atoms with Crippen LogP contribution in [0.25, 0.3) is 10.9 Å². The summed E-state index contributed by atoms with van der Waals surface area (Å²) in [6, 6.07) is 8.44. The first-order valence-electron chi connectivity index (χ1n) is 8.24. The zero-order chi connectivity index (χ0) is 16.1. The number of benzene rings is 1. The van der Waals surface area contributed by atoms with Crippen LogP contribution in [0.4, 0.5) is 0 Å². The second kappa shape index (κ2) is 7.23. The first-order valence-corrected chi connectivity index (χ1v) is 8.24. The number of aromatic nitrogens is 2. The highest BCUT2D eigenvalue weighted by atomic mass is 16.5. The smallest absolute Gasteiger partial charge is 0.316 e. The standard InChI is InChI=1S/C18H25N3O2/c1-18(8-5-9-21(13-18)10-11-22-2)14-23-17-19-12-15-6-3-4-7-16(15)20-17/h3-4,6-7,12H,5,8-11,13-14H2,1-2H3. The predicted molar refractivity (Wildman–Crippen MR) is 90.7 cm³/mol. The topological polar surface area (TPSA) is 47.5 Å². The number of fused-ring (bicyclic) bond motifs is 1. The van der Waals surface area contributed by atoms with Crippen LogP contribution < -0.4 is 4.74 Å². The molecule has 1 saturated heterocycles. The molecule has 2 heterocycles. The van der Waals surface area contributed by atoms with Crippen LogP contribution in [-0.2, 0) is 4.74 Å². The van der Waals surface area contributed by atoms with Crippen molar-refractivity contribution in [1.82, 2.24) is 14.9 Å². The lowest BCUT2D eigenvalue weighted by molar-refractivity contribution is 0.0391. The molecule has 0 amide bonds. The van der Waals surface area contributed by atoms with Crippen molar-refractivity contribution < 1.29 is 9.47 Å². The van der Waals surface area contributed by atoms with Crippen molar-refractivity contribution in [3.8, 4) is 6.01 Å². The quantitative estimate of drug-likeness (QED) is 0.820. The second-order valence-corrected chi connectivity index (χ2v) is 6.68. The minimum atomic E-state index is 0.140. The highest BCUT2D eigenvalue weighted by Crippen LogP contribution is 2.30. The predicted octanol–water partition coefficient (Wildman–Crippen LogP) is 2.76. The third-order valence-electron chi connectivity index (χ3n) is 4.49. The fourth-order valence-electron chi connectivity index (χ4n) is 3.22. The summed E-state index contributed by atoms with van der Waals surface area (Å²) >= 11 is 0. The zero-order valence-corrected chi connectivity index (χ0v) is 14.0. The van der Waals surface area contributed by atoms with Gasteiger partial charge in [-0.1, -0.05) is 25.1 Å². The van der Waals surface area contributed by atoms with Gasteiger partial charge in [-0.25, -0.2) is 4.98 Å². The van der Waals surface area contributed by atoms with Crippen molar-refractivity contribution in [3.63, 3.8) is 0 Å². The van der Waals surface area contributed by atoms with Crippen molar-refractivity contribution in [1.29, 1.82) is 0 Å². The summed E-state index contributed by atoms with van der Waals surface area (Å²) < 4.78 is 11.1. The van der Waals surface area contributed by atoms with Gasteiger partial charge in [-0.05, 0) is 25.5 Å². The number of ether oxygens (including phenoxy) is 2. The molecule has 124 valence electrons. The first-order chi connectivity index (χ1) is 11.2. The number of methoxy groups -OCH3 is 1. The van der Waals surface area contributed by atoms with Gasteiger partial charge in [0.2, 0.25) is 0 Å². The summed E-state index contributed by atoms with van der Waals surface area (Å²) in [5.74, 6) is 0. The largest absolute Gasteiger partial charge is 0.463 e. The van der Waals surface area contributed by atoms with Crippen molar-refractivity contribution >= 4 is 10.9 Å². The molecule has 1 unspecified atom stereocenters. The fourth-order valence-corrected chi connectivity index (χ4v) is 3.22. The van der Waals surface area contributed by atoms with E-state index in [-0.39, 0.29) is 5.41 Å². The third kappa shape index (κ3) is 4.18. The molecular formula is C18H25N3O2. The Bertz CT molecular complexity index is 649. The van der Waals surface area contributed by atoms with E-state index in [1.807, 2.05) is 30.5 Å². The van der Waals surface area contributed by atoms with Crippen molar-refractivity contribution in [3.05, 3.63) is 30.5 Å². The van der Waals surface area contributed by atoms with Crippen LogP contribution in [0.1, 0.15) is 19.8 Å². The summed E-state index contributed by atoms with van der Waals surface area (Å²) in [6.07, 6.45) is 4.19. The number of hydrogen-bond donors (Lipinski definition) is 0. The summed E-state index contributed by atoms with van der Waals surface area (Å²) in [5.41, 5.74) is 1.06. The van der Waals surface area contributed by atoms with Gasteiger partial charge >= 0.3 is 6.01 Å². The van der Waals surface area contributed by atoms with E-state index in [1.54, 1.807) is 7.11 Å². The SMILES string of the molecule is COCCN1CCCC(C)(COc2ncc3ccccc3n2)C1. The Kier molecular flexibility index (Phi) is 5.08. The minimum absolute atomic E-state index is 0.140. The molecule has 2 aromatic rings. The molecule has 23 heavy (non-hydrogen) atoms. The molecule has 5 heteroatoms. The molecule has 0 N–H and O–H groups in total. The van der Waals surface area contributed by atoms with Gasteiger partial charge in [-0.2, -0.15) is 4.98 Å². The van der Waals surface area contributed by atoms with E-state index in [4.69, 9.17) is 9.47 Å². The number of piperidine rings is 1. The average molecular weight is 315 g/mol. The summed E-state index contributed by atoms with van der Waals surface area (Å²) in [7, 11) is 1.75. The number of hydrogen-bond acceptors (Lipinski definition) is 5. The highest BCUT2D eigenvalue weighted by molar-refractivity contribution is 5.77. The molecule has 1 atom stereocenters. The normalized spacial score (nSPS) is 22.3. The maximum atomic E-state index is 5.93. The van der Waals surface area contributed by atoms with Crippen LogP contribution in [0.3, 0.4) is 0 Å². The fraction of sp³-hybridized carbons (Fsp3) is 0.556. The molecule has 0 saturated carbocycles. The van der Waals surface area contributed by atoms with E-state index < -0.39 is 0 Å². The van der Waals surface area contributed by atoms with Gasteiger partial charge in [0.1, 0.15) is 0 Å². The maximum Gasteiger partial charge on any atom is 0.316 e. The van der Waals surface area contributed by atoms with Gasteiger partial charge in [-0.15, -0.1) is 0 Å². The minimum Gasteiger partial charge on any atom is -0.463 e. The molecule has 1 aliphatic rings. The van der Waals surface area contributed by atoms with Crippen LogP contribution >= 0.6 is 0 Å². The monoisotopic (exact) mass is 315 g/mol. The van der Waals surface area contributed by atoms with Crippen LogP contribution in [0.15, 0.2) is 30.5 Å². The van der Waals surface area contributed by atoms with Crippen LogP contribution in [0, 0.1) is 5.41 Å². The van der Waals surface area contributed by atoms with Crippen LogP contribution in [-0.4, -0.2) is 54.8 Å². The van der Waals surface area contributed by atoms with Crippen molar-refractivity contribution in [2.75, 3.05) is 40.0 Å². The van der Waals surface area contributed by atoms with Crippen molar-refractivity contribution in [2.45, 2.75) is 19.8 Å². The molecule has 1 aliphatic heterocycles. The van der Waals surface area contributed by atoms with Gasteiger partial charge in [-0.3, -0.25) is 0 Å². The van der Waals surface area contributed by atoms with Gasteiger partial charge in [0, 0.05) is 37.2 Å². The summed E-state index contributed by atoms with van der Waals surface area (Å²) in [5, 5.41) is 1.04. The molecule has 0 bridgehead atoms. The van der Waals surface area contributed by atoms with Crippen LogP contribution in [0.5, 0.6) is 6.01 Å². The Hall–Kier alpha value is -1.72. The lowest BCUT2D eigenvalue weighted by Gasteiger charge is -2.39. The molecule has 5 nitrogen and oxygen atoms in total. The Morgan fingerprint density at radius 1 is 1.30 bits per heavy atom. The molecule has 0 radical (unpaired) electrons. The van der Waals surface area contributed by atoms with E-state index in [9.17, 15) is 0 Å². The summed E-state index contributed by atoms with van der Waals surface area (Å²) in [4.78, 5) is 11.3. The van der Waals surface area contributed by atoms with E-state index in [1.165, 1.54) is 12.8 Å². The number of rotatable bonds is 6. The lowest BCUT2D eigenvalue weighted by Crippen LogP contribution is -2.45. The Morgan fingerprint density at radius 3 is 3.04 bits per heavy atom. The first kappa shape index (κ1) is 16.1. The third-order valence-corrected chi connectivity index (χ3v) is 4.49. The van der Waals surface area contributed by atoms with Gasteiger partial charge < -0.3 is 14.4 Å². The van der Waals surface area contributed by atoms with E-state index in [2.05, 4.69) is 21.8 Å². The molecule has 0 spiro atoms. The molecule has 1 aromatic heterocycles. The van der Waals surface area contributed by atoms with Crippen LogP contribution in [0.2, 0.25) is 0 Å². The molecule has 0 aliphatic carbocycles. The van der Waals surface area contributed by atoms with Gasteiger partial charge in [0.25, 0.3) is 0 Å². The van der Waals surface area contributed by atoms with Gasteiger partial charge in [0.05, 0.1) is 18.7 Å². The van der Waals surface area contributed by atoms with E-state index in [0.29, 0.717) is 12.6 Å². The molecule has 1 aromatic carbocycles. The molecule has 1 fully saturated rings.